The summed E-state index contributed by atoms with van der Waals surface area (Å²) < 4.78 is 1.02. The van der Waals surface area contributed by atoms with E-state index in [1.807, 2.05) is 0 Å². The monoisotopic (exact) mass is 356 g/mol. The fraction of sp³-hybridized carbons (Fsp3) is 0.111. The number of allylic oxidation sites excluding steroid dienone is 2. The Hall–Kier alpha value is -0.907. The van der Waals surface area contributed by atoms with Gasteiger partial charge in [0.25, 0.3) is 0 Å². The Morgan fingerprint density at radius 2 is 1.15 bits per heavy atom. The Balaban J connectivity index is 1.69. The van der Waals surface area contributed by atoms with E-state index in [0.717, 1.165) is 0 Å². The van der Waals surface area contributed by atoms with Crippen molar-refractivity contribution in [1.29, 1.82) is 0 Å². The van der Waals surface area contributed by atoms with Crippen LogP contribution in [0.15, 0.2) is 60.7 Å². The summed E-state index contributed by atoms with van der Waals surface area (Å²) >= 11 is -2.27. The van der Waals surface area contributed by atoms with Crippen molar-refractivity contribution >= 4 is 20.7 Å². The molecular formula is C18H15ClZr. The molecule has 0 spiro atoms. The fourth-order valence-electron chi connectivity index (χ4n) is 3.33. The third-order valence-electron chi connectivity index (χ3n) is 4.36. The number of hydrogen-bond donors (Lipinski definition) is 0. The number of benzene rings is 2. The molecular weight excluding hydrogens is 343 g/mol. The predicted octanol–water partition coefficient (Wildman–Crippen LogP) is 5.03. The van der Waals surface area contributed by atoms with Crippen molar-refractivity contribution < 1.29 is 20.6 Å². The maximum atomic E-state index is 7.06. The zero-order chi connectivity index (χ0) is 13.5. The van der Waals surface area contributed by atoms with Gasteiger partial charge in [0.2, 0.25) is 0 Å². The van der Waals surface area contributed by atoms with Crippen molar-refractivity contribution in [2.24, 2.45) is 0 Å². The minimum absolute atomic E-state index is 0.510. The van der Waals surface area contributed by atoms with Crippen molar-refractivity contribution in [2.75, 3.05) is 0 Å². The first-order chi connectivity index (χ1) is 9.84. The Kier molecular flexibility index (Phi) is 3.29. The van der Waals surface area contributed by atoms with Gasteiger partial charge in [0.1, 0.15) is 0 Å². The third kappa shape index (κ3) is 2.00. The molecule has 2 heteroatoms. The second-order valence-electron chi connectivity index (χ2n) is 5.47. The van der Waals surface area contributed by atoms with Gasteiger partial charge in [-0.3, -0.25) is 0 Å². The summed E-state index contributed by atoms with van der Waals surface area (Å²) in [6.07, 6.45) is 9.17. The van der Waals surface area contributed by atoms with E-state index in [0.29, 0.717) is 7.25 Å². The summed E-state index contributed by atoms with van der Waals surface area (Å²) in [6.45, 7) is 0. The van der Waals surface area contributed by atoms with E-state index >= 15 is 0 Å². The van der Waals surface area contributed by atoms with Crippen LogP contribution in [0.2, 0.25) is 0 Å². The van der Waals surface area contributed by atoms with Crippen molar-refractivity contribution in [3.8, 4) is 0 Å². The summed E-state index contributed by atoms with van der Waals surface area (Å²) in [6, 6.07) is 17.4. The predicted molar refractivity (Wildman–Crippen MR) is 83.7 cm³/mol. The third-order valence-corrected chi connectivity index (χ3v) is 13.8. The van der Waals surface area contributed by atoms with Crippen LogP contribution in [0, 0.1) is 0 Å². The van der Waals surface area contributed by atoms with Gasteiger partial charge in [0.05, 0.1) is 0 Å². The van der Waals surface area contributed by atoms with Crippen LogP contribution in [0.4, 0.5) is 0 Å². The molecule has 4 rings (SSSR count). The second kappa shape index (κ2) is 5.13. The molecule has 0 heterocycles. The molecule has 0 radical (unpaired) electrons. The average molecular weight is 358 g/mol. The number of fused-ring (bicyclic) bond motifs is 2. The SMILES string of the molecule is [Cl][ZrH]([CH]1C=Cc2ccccc21)[CH]1C=Cc2ccccc21. The summed E-state index contributed by atoms with van der Waals surface area (Å²) in [5.41, 5.74) is 5.60. The Labute approximate surface area is 131 Å². The Morgan fingerprint density at radius 1 is 0.700 bits per heavy atom. The first-order valence-electron chi connectivity index (χ1n) is 7.03. The van der Waals surface area contributed by atoms with E-state index in [-0.39, 0.29) is 0 Å². The zero-order valence-corrected chi connectivity index (χ0v) is 14.6. The van der Waals surface area contributed by atoms with E-state index in [9.17, 15) is 0 Å². The van der Waals surface area contributed by atoms with E-state index in [2.05, 4.69) is 72.8 Å². The molecule has 0 aliphatic heterocycles. The molecule has 2 unspecified atom stereocenters. The molecule has 2 atom stereocenters. The van der Waals surface area contributed by atoms with Crippen LogP contribution in [-0.2, 0) is 20.6 Å². The molecule has 0 saturated carbocycles. The molecule has 2 aliphatic rings. The number of hydrogen-bond acceptors (Lipinski definition) is 0. The summed E-state index contributed by atoms with van der Waals surface area (Å²) in [5, 5.41) is 0. The number of halogens is 1. The molecule has 0 bridgehead atoms. The molecule has 0 aromatic heterocycles. The maximum absolute atomic E-state index is 7.06. The summed E-state index contributed by atoms with van der Waals surface area (Å²) in [7, 11) is 7.06. The fourth-order valence-corrected chi connectivity index (χ4v) is 11.8. The molecule has 2 aromatic rings. The minimum atomic E-state index is -2.27. The van der Waals surface area contributed by atoms with Gasteiger partial charge in [-0.05, 0) is 0 Å². The number of rotatable bonds is 2. The quantitative estimate of drug-likeness (QED) is 0.707. The van der Waals surface area contributed by atoms with E-state index in [4.69, 9.17) is 8.51 Å². The first kappa shape index (κ1) is 12.8. The summed E-state index contributed by atoms with van der Waals surface area (Å²) in [5.74, 6) is 0. The van der Waals surface area contributed by atoms with Crippen LogP contribution in [0.3, 0.4) is 0 Å². The van der Waals surface area contributed by atoms with E-state index < -0.39 is 20.6 Å². The van der Waals surface area contributed by atoms with Crippen molar-refractivity contribution in [1.82, 2.24) is 0 Å². The van der Waals surface area contributed by atoms with Crippen molar-refractivity contribution in [2.45, 2.75) is 7.25 Å². The van der Waals surface area contributed by atoms with Crippen LogP contribution >= 0.6 is 8.51 Å². The second-order valence-corrected chi connectivity index (χ2v) is 14.2. The van der Waals surface area contributed by atoms with Gasteiger partial charge in [-0.25, -0.2) is 0 Å². The van der Waals surface area contributed by atoms with Crippen molar-refractivity contribution in [3.63, 3.8) is 0 Å². The molecule has 0 saturated heterocycles. The van der Waals surface area contributed by atoms with Crippen LogP contribution in [-0.4, -0.2) is 0 Å². The topological polar surface area (TPSA) is 0 Å². The molecule has 0 nitrogen and oxygen atoms in total. The standard InChI is InChI=1S/2C9H7.ClH.Zr.H/c2*1-2-5-9-7-3-6-8(9)4-1;;;/h2*1-7H;1H;;/q;;;+1;/p-1. The Bertz CT molecular complexity index is 655. The molecule has 20 heavy (non-hydrogen) atoms. The van der Waals surface area contributed by atoms with Gasteiger partial charge in [-0.2, -0.15) is 0 Å². The van der Waals surface area contributed by atoms with Gasteiger partial charge in [0, 0.05) is 0 Å². The van der Waals surface area contributed by atoms with Gasteiger partial charge >= 0.3 is 131 Å². The van der Waals surface area contributed by atoms with Crippen LogP contribution < -0.4 is 0 Å². The molecule has 0 amide bonds. The summed E-state index contributed by atoms with van der Waals surface area (Å²) in [4.78, 5) is 0. The molecule has 0 fully saturated rings. The van der Waals surface area contributed by atoms with Crippen LogP contribution in [0.1, 0.15) is 29.5 Å². The molecule has 2 aromatic carbocycles. The average Bonchev–Trinajstić information content (AvgIpc) is 3.11. The molecule has 98 valence electrons. The van der Waals surface area contributed by atoms with Crippen molar-refractivity contribution in [3.05, 3.63) is 82.9 Å². The van der Waals surface area contributed by atoms with Crippen LogP contribution in [0.25, 0.3) is 12.2 Å². The van der Waals surface area contributed by atoms with Crippen LogP contribution in [0.5, 0.6) is 0 Å². The zero-order valence-electron chi connectivity index (χ0n) is 11.0. The Morgan fingerprint density at radius 3 is 1.65 bits per heavy atom. The van der Waals surface area contributed by atoms with E-state index in [1.165, 1.54) is 22.3 Å². The first-order valence-corrected chi connectivity index (χ1v) is 14.0. The molecule has 0 N–H and O–H groups in total. The van der Waals surface area contributed by atoms with Gasteiger partial charge in [-0.15, -0.1) is 0 Å². The normalized spacial score (nSPS) is 23.6. The van der Waals surface area contributed by atoms with Gasteiger partial charge in [-0.1, -0.05) is 0 Å². The van der Waals surface area contributed by atoms with E-state index in [1.54, 1.807) is 0 Å². The van der Waals surface area contributed by atoms with Gasteiger partial charge < -0.3 is 0 Å². The molecule has 2 aliphatic carbocycles. The van der Waals surface area contributed by atoms with Gasteiger partial charge in [0.15, 0.2) is 0 Å².